The zero-order valence-corrected chi connectivity index (χ0v) is 16.6. The minimum Gasteiger partial charge on any atom is -0.459 e. The van der Waals surface area contributed by atoms with Gasteiger partial charge in [0.2, 0.25) is 11.8 Å². The van der Waals surface area contributed by atoms with Crippen LogP contribution in [0, 0.1) is 11.8 Å². The Bertz CT molecular complexity index is 804. The van der Waals surface area contributed by atoms with E-state index >= 15 is 0 Å². The van der Waals surface area contributed by atoms with Crippen molar-refractivity contribution in [2.45, 2.75) is 18.6 Å². The van der Waals surface area contributed by atoms with E-state index in [-0.39, 0.29) is 38.5 Å². The number of amides is 2. The summed E-state index contributed by atoms with van der Waals surface area (Å²) in [5, 5.41) is 0. The number of ether oxygens (including phenoxy) is 3. The Morgan fingerprint density at radius 1 is 1.31 bits per heavy atom. The number of likely N-dealkylation sites (tertiary alicyclic amines) is 1. The van der Waals surface area contributed by atoms with E-state index in [9.17, 15) is 18.9 Å². The van der Waals surface area contributed by atoms with Gasteiger partial charge in [-0.05, 0) is 13.0 Å². The average Bonchev–Trinajstić information content (AvgIpc) is 3.27. The molecule has 4 unspecified atom stereocenters. The minimum absolute atomic E-state index is 0.0158. The van der Waals surface area contributed by atoms with Gasteiger partial charge in [0.15, 0.2) is 0 Å². The third kappa shape index (κ3) is 4.35. The third-order valence-electron chi connectivity index (χ3n) is 4.97. The first-order valence-corrected chi connectivity index (χ1v) is 10.4. The Balaban J connectivity index is 1.56. The minimum atomic E-state index is -4.56. The summed E-state index contributed by atoms with van der Waals surface area (Å²) in [5.74, 6) is -2.91. The van der Waals surface area contributed by atoms with Crippen LogP contribution in [0.1, 0.15) is 6.92 Å². The number of hydrogen-bond donors (Lipinski definition) is 2. The summed E-state index contributed by atoms with van der Waals surface area (Å²) in [6.45, 7) is 4.34. The van der Waals surface area contributed by atoms with Crippen LogP contribution in [0.5, 0.6) is 0 Å². The first-order chi connectivity index (χ1) is 13.6. The van der Waals surface area contributed by atoms with E-state index in [0.29, 0.717) is 0 Å². The monoisotopic (exact) mass is 431 g/mol. The number of rotatable bonds is 10. The lowest BCUT2D eigenvalue weighted by molar-refractivity contribution is -0.153. The van der Waals surface area contributed by atoms with Crippen molar-refractivity contribution >= 4 is 25.6 Å². The van der Waals surface area contributed by atoms with Gasteiger partial charge in [0.25, 0.3) is 0 Å². The molecule has 160 valence electrons. The van der Waals surface area contributed by atoms with Crippen molar-refractivity contribution in [1.82, 2.24) is 4.90 Å². The number of nitrogens with zero attached hydrogens (tertiary/aromatic N) is 1. The predicted octanol–water partition coefficient (Wildman–Crippen LogP) is -0.460. The Hall–Kier alpha value is -1.88. The molecular weight excluding hydrogens is 409 g/mol. The van der Waals surface area contributed by atoms with E-state index in [0.717, 1.165) is 4.90 Å². The number of hydrogen-bond acceptors (Lipinski definition) is 8. The third-order valence-corrected chi connectivity index (χ3v) is 5.49. The molecule has 0 saturated carbocycles. The van der Waals surface area contributed by atoms with E-state index in [2.05, 4.69) is 11.1 Å². The lowest BCUT2D eigenvalue weighted by Gasteiger charge is -2.28. The topological polar surface area (TPSA) is 149 Å². The van der Waals surface area contributed by atoms with E-state index in [4.69, 9.17) is 24.0 Å². The summed E-state index contributed by atoms with van der Waals surface area (Å²) in [5.41, 5.74) is -0.968. The molecule has 29 heavy (non-hydrogen) atoms. The molecule has 4 atom stereocenters. The van der Waals surface area contributed by atoms with Gasteiger partial charge in [-0.25, -0.2) is 9.36 Å². The van der Waals surface area contributed by atoms with Crippen molar-refractivity contribution < 1.29 is 47.5 Å². The molecule has 2 fully saturated rings. The SMILES string of the molecule is C=C(C)C(=O)OCC12C=CC(O1)C1C(=O)N(CCOCCOP(=O)(O)O)C(=O)C12. The molecule has 0 radical (unpaired) electrons. The van der Waals surface area contributed by atoms with Gasteiger partial charge in [-0.2, -0.15) is 0 Å². The summed E-state index contributed by atoms with van der Waals surface area (Å²) in [4.78, 5) is 55.5. The zero-order chi connectivity index (χ0) is 21.4. The molecule has 0 aromatic carbocycles. The number of phosphoric acid groups is 1. The van der Waals surface area contributed by atoms with Gasteiger partial charge >= 0.3 is 13.8 Å². The molecular formula is C17H22NO10P. The van der Waals surface area contributed by atoms with Crippen molar-refractivity contribution in [1.29, 1.82) is 0 Å². The second-order valence-corrected chi connectivity index (χ2v) is 8.26. The summed E-state index contributed by atoms with van der Waals surface area (Å²) in [7, 11) is -4.56. The molecule has 2 N–H and O–H groups in total. The smallest absolute Gasteiger partial charge is 0.459 e. The van der Waals surface area contributed by atoms with Crippen LogP contribution in [-0.4, -0.2) is 77.1 Å². The van der Waals surface area contributed by atoms with Crippen molar-refractivity contribution in [2.24, 2.45) is 11.8 Å². The maximum atomic E-state index is 12.9. The first-order valence-electron chi connectivity index (χ1n) is 8.88. The number of carbonyl (C=O) groups excluding carboxylic acids is 3. The zero-order valence-electron chi connectivity index (χ0n) is 15.7. The van der Waals surface area contributed by atoms with Crippen LogP contribution in [-0.2, 0) is 37.7 Å². The van der Waals surface area contributed by atoms with Crippen LogP contribution in [0.25, 0.3) is 0 Å². The van der Waals surface area contributed by atoms with Gasteiger partial charge in [0.1, 0.15) is 12.2 Å². The second kappa shape index (κ2) is 8.10. The van der Waals surface area contributed by atoms with E-state index in [1.165, 1.54) is 6.92 Å². The molecule has 3 heterocycles. The molecule has 11 nitrogen and oxygen atoms in total. The summed E-state index contributed by atoms with van der Waals surface area (Å²) in [6, 6.07) is 0. The van der Waals surface area contributed by atoms with Crippen LogP contribution >= 0.6 is 7.82 Å². The lowest BCUT2D eigenvalue weighted by atomic mass is 9.77. The molecule has 0 aliphatic carbocycles. The number of phosphoric ester groups is 1. The van der Waals surface area contributed by atoms with Crippen molar-refractivity contribution in [3.8, 4) is 0 Å². The van der Waals surface area contributed by atoms with Gasteiger partial charge in [0, 0.05) is 5.57 Å². The quantitative estimate of drug-likeness (QED) is 0.116. The summed E-state index contributed by atoms with van der Waals surface area (Å²) >= 11 is 0. The fourth-order valence-corrected chi connectivity index (χ4v) is 4.03. The summed E-state index contributed by atoms with van der Waals surface area (Å²) in [6.07, 6.45) is 2.79. The van der Waals surface area contributed by atoms with E-state index < -0.39 is 49.1 Å². The number of fused-ring (bicyclic) bond motifs is 5. The largest absolute Gasteiger partial charge is 0.469 e. The maximum Gasteiger partial charge on any atom is 0.469 e. The highest BCUT2D eigenvalue weighted by Gasteiger charge is 2.67. The highest BCUT2D eigenvalue weighted by molar-refractivity contribution is 7.46. The summed E-state index contributed by atoms with van der Waals surface area (Å²) < 4.78 is 31.0. The molecule has 2 saturated heterocycles. The van der Waals surface area contributed by atoms with Crippen LogP contribution in [0.4, 0.5) is 0 Å². The fourth-order valence-electron chi connectivity index (χ4n) is 3.72. The molecule has 12 heteroatoms. The number of esters is 1. The van der Waals surface area contributed by atoms with Gasteiger partial charge in [-0.3, -0.25) is 19.0 Å². The highest BCUT2D eigenvalue weighted by atomic mass is 31.2. The first kappa shape index (κ1) is 21.8. The van der Waals surface area contributed by atoms with Gasteiger partial charge < -0.3 is 24.0 Å². The molecule has 0 aromatic heterocycles. The van der Waals surface area contributed by atoms with Crippen molar-refractivity contribution in [3.63, 3.8) is 0 Å². The molecule has 3 rings (SSSR count). The fraction of sp³-hybridized carbons (Fsp3) is 0.588. The molecule has 0 spiro atoms. The molecule has 3 aliphatic rings. The van der Waals surface area contributed by atoms with Gasteiger partial charge in [-0.1, -0.05) is 12.7 Å². The van der Waals surface area contributed by atoms with Crippen molar-refractivity contribution in [2.75, 3.05) is 33.0 Å². The highest BCUT2D eigenvalue weighted by Crippen LogP contribution is 2.51. The second-order valence-electron chi connectivity index (χ2n) is 7.02. The van der Waals surface area contributed by atoms with Crippen LogP contribution in [0.3, 0.4) is 0 Å². The normalized spacial score (nSPS) is 30.2. The maximum absolute atomic E-state index is 12.9. The van der Waals surface area contributed by atoms with E-state index in [1.807, 2.05) is 0 Å². The predicted molar refractivity (Wildman–Crippen MR) is 95.0 cm³/mol. The Kier molecular flexibility index (Phi) is 6.09. The number of carbonyl (C=O) groups is 3. The van der Waals surface area contributed by atoms with Crippen molar-refractivity contribution in [3.05, 3.63) is 24.3 Å². The molecule has 3 aliphatic heterocycles. The standard InChI is InChI=1S/C17H22NO10P/c1-10(2)16(21)26-9-17-4-3-11(28-17)12-13(17)15(20)18(14(12)19)5-6-25-7-8-27-29(22,23)24/h3-4,11-13H,1,5-9H2,2H3,(H2,22,23,24). The molecule has 2 amide bonds. The van der Waals surface area contributed by atoms with Gasteiger partial charge in [-0.15, -0.1) is 0 Å². The van der Waals surface area contributed by atoms with Gasteiger partial charge in [0.05, 0.1) is 44.3 Å². The van der Waals surface area contributed by atoms with Crippen LogP contribution < -0.4 is 0 Å². The van der Waals surface area contributed by atoms with Crippen LogP contribution in [0.15, 0.2) is 24.3 Å². The Morgan fingerprint density at radius 2 is 2.03 bits per heavy atom. The Labute approximate surface area is 166 Å². The lowest BCUT2D eigenvalue weighted by Crippen LogP contribution is -2.45. The molecule has 0 aromatic rings. The number of imide groups is 1. The van der Waals surface area contributed by atoms with E-state index in [1.54, 1.807) is 12.2 Å². The van der Waals surface area contributed by atoms with Crippen LogP contribution in [0.2, 0.25) is 0 Å². The average molecular weight is 431 g/mol. The Morgan fingerprint density at radius 3 is 2.69 bits per heavy atom. The molecule has 2 bridgehead atoms.